The third-order valence-electron chi connectivity index (χ3n) is 3.41. The number of hydrogen-bond acceptors (Lipinski definition) is 4. The summed E-state index contributed by atoms with van der Waals surface area (Å²) in [6.45, 7) is 0.842. The lowest BCUT2D eigenvalue weighted by Crippen LogP contribution is -2.51. The molecule has 0 aliphatic heterocycles. The Bertz CT molecular complexity index is 336. The van der Waals surface area contributed by atoms with Crippen molar-refractivity contribution in [2.24, 2.45) is 0 Å². The van der Waals surface area contributed by atoms with Crippen LogP contribution >= 0.6 is 12.4 Å². The van der Waals surface area contributed by atoms with Crippen molar-refractivity contribution in [3.05, 3.63) is 23.7 Å². The van der Waals surface area contributed by atoms with Gasteiger partial charge in [0.15, 0.2) is 0 Å². The highest BCUT2D eigenvalue weighted by molar-refractivity contribution is 5.85. The topological polar surface area (TPSA) is 65.6 Å². The van der Waals surface area contributed by atoms with Gasteiger partial charge in [0, 0.05) is 12.1 Å². The van der Waals surface area contributed by atoms with Gasteiger partial charge in [0.2, 0.25) is 0 Å². The van der Waals surface area contributed by atoms with Crippen molar-refractivity contribution in [1.29, 1.82) is 0 Å². The van der Waals surface area contributed by atoms with Crippen molar-refractivity contribution in [1.82, 2.24) is 5.32 Å². The van der Waals surface area contributed by atoms with E-state index in [-0.39, 0.29) is 31.2 Å². The summed E-state index contributed by atoms with van der Waals surface area (Å²) in [5.41, 5.74) is 0.112. The molecule has 4 nitrogen and oxygen atoms in total. The molecule has 0 saturated heterocycles. The minimum Gasteiger partial charge on any atom is -0.462 e. The zero-order valence-corrected chi connectivity index (χ0v) is 10.6. The number of furan rings is 1. The third-order valence-corrected chi connectivity index (χ3v) is 3.41. The lowest BCUT2D eigenvalue weighted by atomic mass is 9.74. The molecule has 1 aliphatic carbocycles. The second-order valence-electron chi connectivity index (χ2n) is 4.49. The largest absolute Gasteiger partial charge is 0.462 e. The van der Waals surface area contributed by atoms with Gasteiger partial charge in [-0.15, -0.1) is 12.4 Å². The Morgan fingerprint density at radius 3 is 2.41 bits per heavy atom. The molecule has 5 heteroatoms. The Labute approximate surface area is 107 Å². The molecule has 1 saturated carbocycles. The van der Waals surface area contributed by atoms with Crippen molar-refractivity contribution in [3.63, 3.8) is 0 Å². The van der Waals surface area contributed by atoms with E-state index in [4.69, 9.17) is 14.6 Å². The maximum absolute atomic E-state index is 9.01. The molecule has 0 bridgehead atoms. The highest BCUT2D eigenvalue weighted by atomic mass is 35.5. The van der Waals surface area contributed by atoms with Crippen LogP contribution in [0.4, 0.5) is 0 Å². The lowest BCUT2D eigenvalue weighted by Gasteiger charge is -2.42. The molecule has 3 N–H and O–H groups in total. The maximum Gasteiger partial charge on any atom is 0.129 e. The third kappa shape index (κ3) is 3.45. The van der Waals surface area contributed by atoms with Crippen molar-refractivity contribution in [3.8, 4) is 0 Å². The van der Waals surface area contributed by atoms with Crippen LogP contribution in [0.1, 0.15) is 37.2 Å². The number of rotatable bonds is 6. The molecule has 0 spiro atoms. The van der Waals surface area contributed by atoms with Gasteiger partial charge in [-0.1, -0.05) is 0 Å². The minimum absolute atomic E-state index is 0. The maximum atomic E-state index is 9.01. The monoisotopic (exact) mass is 261 g/mol. The summed E-state index contributed by atoms with van der Waals surface area (Å²) < 4.78 is 5.40. The van der Waals surface area contributed by atoms with E-state index in [1.54, 1.807) is 6.07 Å². The first-order chi connectivity index (χ1) is 7.78. The predicted molar refractivity (Wildman–Crippen MR) is 67.0 cm³/mol. The summed E-state index contributed by atoms with van der Waals surface area (Å²) in [7, 11) is 0. The fraction of sp³-hybridized carbons (Fsp3) is 0.667. The average molecular weight is 262 g/mol. The standard InChI is InChI=1S/C12H19NO3.ClH/c14-7-6-12(4-1-5-12)13-8-10-2-3-11(9-15)16-10;/h2-3,13-15H,1,4-9H2;1H. The van der Waals surface area contributed by atoms with Crippen LogP contribution in [0.15, 0.2) is 16.5 Å². The molecule has 2 rings (SSSR count). The van der Waals surface area contributed by atoms with Gasteiger partial charge < -0.3 is 19.9 Å². The molecule has 0 amide bonds. The zero-order chi connectivity index (χ0) is 11.4. The molecule has 98 valence electrons. The van der Waals surface area contributed by atoms with Gasteiger partial charge in [0.25, 0.3) is 0 Å². The average Bonchev–Trinajstić information content (AvgIpc) is 2.70. The van der Waals surface area contributed by atoms with Crippen LogP contribution in [-0.4, -0.2) is 22.4 Å². The van der Waals surface area contributed by atoms with E-state index in [0.29, 0.717) is 12.3 Å². The molecule has 1 aromatic rings. The Kier molecular flexibility index (Phi) is 5.46. The van der Waals surface area contributed by atoms with Gasteiger partial charge in [-0.3, -0.25) is 0 Å². The molecular formula is C12H20ClNO3. The highest BCUT2D eigenvalue weighted by Gasteiger charge is 2.35. The van der Waals surface area contributed by atoms with E-state index in [1.807, 2.05) is 6.07 Å². The quantitative estimate of drug-likeness (QED) is 0.728. The van der Waals surface area contributed by atoms with Crippen LogP contribution in [0.2, 0.25) is 0 Å². The SMILES string of the molecule is Cl.OCCC1(NCc2ccc(CO)o2)CCC1. The molecule has 0 aromatic carbocycles. The van der Waals surface area contributed by atoms with Gasteiger partial charge in [-0.2, -0.15) is 0 Å². The molecule has 0 radical (unpaired) electrons. The zero-order valence-electron chi connectivity index (χ0n) is 9.82. The number of aliphatic hydroxyl groups is 2. The van der Waals surface area contributed by atoms with Gasteiger partial charge >= 0.3 is 0 Å². The number of nitrogens with one attached hydrogen (secondary N) is 1. The first-order valence-corrected chi connectivity index (χ1v) is 5.82. The van der Waals surface area contributed by atoms with Crippen LogP contribution in [0.25, 0.3) is 0 Å². The molecular weight excluding hydrogens is 242 g/mol. The Morgan fingerprint density at radius 1 is 1.24 bits per heavy atom. The van der Waals surface area contributed by atoms with Crippen molar-refractivity contribution in [2.45, 2.75) is 44.4 Å². The van der Waals surface area contributed by atoms with Crippen molar-refractivity contribution < 1.29 is 14.6 Å². The van der Waals surface area contributed by atoms with E-state index >= 15 is 0 Å². The first kappa shape index (κ1) is 14.5. The van der Waals surface area contributed by atoms with Crippen LogP contribution in [0.3, 0.4) is 0 Å². The lowest BCUT2D eigenvalue weighted by molar-refractivity contribution is 0.126. The normalized spacial score (nSPS) is 17.3. The van der Waals surface area contributed by atoms with E-state index in [9.17, 15) is 0 Å². The smallest absolute Gasteiger partial charge is 0.129 e. The van der Waals surface area contributed by atoms with Gasteiger partial charge in [-0.25, -0.2) is 0 Å². The summed E-state index contributed by atoms with van der Waals surface area (Å²) in [4.78, 5) is 0. The molecule has 0 unspecified atom stereocenters. The van der Waals surface area contributed by atoms with E-state index in [1.165, 1.54) is 6.42 Å². The fourth-order valence-corrected chi connectivity index (χ4v) is 2.21. The summed E-state index contributed by atoms with van der Waals surface area (Å²) in [5, 5.41) is 21.3. The summed E-state index contributed by atoms with van der Waals surface area (Å²) >= 11 is 0. The Hall–Kier alpha value is -0.550. The minimum atomic E-state index is -0.0538. The summed E-state index contributed by atoms with van der Waals surface area (Å²) in [6, 6.07) is 3.67. The Morgan fingerprint density at radius 2 is 1.94 bits per heavy atom. The number of aliphatic hydroxyl groups excluding tert-OH is 2. The Balaban J connectivity index is 0.00000144. The van der Waals surface area contributed by atoms with Crippen molar-refractivity contribution >= 4 is 12.4 Å². The highest BCUT2D eigenvalue weighted by Crippen LogP contribution is 2.34. The molecule has 1 heterocycles. The molecule has 1 aliphatic rings. The van der Waals surface area contributed by atoms with E-state index < -0.39 is 0 Å². The molecule has 1 fully saturated rings. The first-order valence-electron chi connectivity index (χ1n) is 5.82. The van der Waals surface area contributed by atoms with E-state index in [0.717, 1.165) is 25.0 Å². The number of hydrogen-bond donors (Lipinski definition) is 3. The fourth-order valence-electron chi connectivity index (χ4n) is 2.21. The summed E-state index contributed by atoms with van der Waals surface area (Å²) in [5.74, 6) is 1.44. The molecule has 1 aromatic heterocycles. The van der Waals surface area contributed by atoms with Crippen LogP contribution in [0.5, 0.6) is 0 Å². The second-order valence-corrected chi connectivity index (χ2v) is 4.49. The van der Waals surface area contributed by atoms with Gasteiger partial charge in [0.1, 0.15) is 18.1 Å². The summed E-state index contributed by atoms with van der Waals surface area (Å²) in [6.07, 6.45) is 4.29. The van der Waals surface area contributed by atoms with Gasteiger partial charge in [-0.05, 0) is 37.8 Å². The van der Waals surface area contributed by atoms with Crippen LogP contribution < -0.4 is 5.32 Å². The predicted octanol–water partition coefficient (Wildman–Crippen LogP) is 1.59. The molecule has 0 atom stereocenters. The van der Waals surface area contributed by atoms with E-state index in [2.05, 4.69) is 5.32 Å². The number of halogens is 1. The van der Waals surface area contributed by atoms with Crippen molar-refractivity contribution in [2.75, 3.05) is 6.61 Å². The second kappa shape index (κ2) is 6.40. The van der Waals surface area contributed by atoms with Gasteiger partial charge in [0.05, 0.1) is 6.54 Å². The molecule has 17 heavy (non-hydrogen) atoms. The van der Waals surface area contributed by atoms with Crippen LogP contribution in [0, 0.1) is 0 Å². The van der Waals surface area contributed by atoms with Crippen LogP contribution in [-0.2, 0) is 13.2 Å².